The first-order valence-electron chi connectivity index (χ1n) is 5.18. The summed E-state index contributed by atoms with van der Waals surface area (Å²) < 4.78 is 0. The van der Waals surface area contributed by atoms with Crippen molar-refractivity contribution in [2.45, 2.75) is 32.5 Å². The van der Waals surface area contributed by atoms with Crippen molar-refractivity contribution >= 4 is 0 Å². The van der Waals surface area contributed by atoms with Gasteiger partial charge in [-0.1, -0.05) is 24.3 Å². The molecule has 2 nitrogen and oxygen atoms in total. The molecule has 1 aromatic carbocycles. The van der Waals surface area contributed by atoms with Gasteiger partial charge in [0.05, 0.1) is 6.10 Å². The summed E-state index contributed by atoms with van der Waals surface area (Å²) in [4.78, 5) is 2.30. The number of aliphatic hydroxyl groups excluding tert-OH is 1. The van der Waals surface area contributed by atoms with E-state index in [4.69, 9.17) is 0 Å². The van der Waals surface area contributed by atoms with Crippen LogP contribution in [0.5, 0.6) is 0 Å². The van der Waals surface area contributed by atoms with Crippen molar-refractivity contribution in [3.05, 3.63) is 35.4 Å². The van der Waals surface area contributed by atoms with Crippen LogP contribution in [-0.2, 0) is 6.54 Å². The molecular weight excluding hydrogens is 174 g/mol. The molecule has 2 rings (SSSR count). The molecular formula is C12H17NO. The summed E-state index contributed by atoms with van der Waals surface area (Å²) in [5.74, 6) is 0. The predicted octanol–water partition coefficient (Wildman–Crippen LogP) is 1.94. The predicted molar refractivity (Wildman–Crippen MR) is 56.9 cm³/mol. The van der Waals surface area contributed by atoms with Crippen LogP contribution in [0, 0.1) is 0 Å². The van der Waals surface area contributed by atoms with Gasteiger partial charge in [-0.05, 0) is 25.0 Å². The first-order chi connectivity index (χ1) is 6.68. The third-order valence-corrected chi connectivity index (χ3v) is 2.93. The van der Waals surface area contributed by atoms with Gasteiger partial charge in [-0.3, -0.25) is 4.90 Å². The van der Waals surface area contributed by atoms with Crippen LogP contribution in [0.15, 0.2) is 24.3 Å². The number of rotatable bonds is 1. The van der Waals surface area contributed by atoms with E-state index in [0.717, 1.165) is 18.7 Å². The molecule has 1 N–H and O–H groups in total. The Morgan fingerprint density at radius 1 is 1.36 bits per heavy atom. The lowest BCUT2D eigenvalue weighted by atomic mass is 9.97. The van der Waals surface area contributed by atoms with Gasteiger partial charge in [-0.2, -0.15) is 0 Å². The lowest BCUT2D eigenvalue weighted by Gasteiger charge is -2.34. The highest BCUT2D eigenvalue weighted by Crippen LogP contribution is 2.26. The van der Waals surface area contributed by atoms with Crippen molar-refractivity contribution in [2.75, 3.05) is 6.54 Å². The fraction of sp³-hybridized carbons (Fsp3) is 0.500. The largest absolute Gasteiger partial charge is 0.387 e. The Morgan fingerprint density at radius 3 is 2.79 bits per heavy atom. The van der Waals surface area contributed by atoms with Gasteiger partial charge in [0, 0.05) is 19.1 Å². The Balaban J connectivity index is 2.29. The van der Waals surface area contributed by atoms with E-state index in [1.54, 1.807) is 0 Å². The van der Waals surface area contributed by atoms with Gasteiger partial charge in [0.15, 0.2) is 0 Å². The third kappa shape index (κ3) is 1.68. The molecule has 0 saturated carbocycles. The second-order valence-corrected chi connectivity index (χ2v) is 4.24. The fourth-order valence-electron chi connectivity index (χ4n) is 2.00. The van der Waals surface area contributed by atoms with Crippen LogP contribution in [0.3, 0.4) is 0 Å². The number of β-amino-alcohol motifs (C(OH)–C–C–N with tert-alkyl or cyclic N) is 1. The van der Waals surface area contributed by atoms with Crippen molar-refractivity contribution in [1.29, 1.82) is 0 Å². The molecule has 76 valence electrons. The first-order valence-corrected chi connectivity index (χ1v) is 5.18. The van der Waals surface area contributed by atoms with E-state index < -0.39 is 0 Å². The van der Waals surface area contributed by atoms with E-state index in [1.165, 1.54) is 5.56 Å². The molecule has 1 aromatic rings. The Hall–Kier alpha value is -0.860. The minimum absolute atomic E-state index is 0.317. The van der Waals surface area contributed by atoms with Crippen LogP contribution in [0.1, 0.15) is 31.1 Å². The zero-order valence-corrected chi connectivity index (χ0v) is 8.77. The van der Waals surface area contributed by atoms with Gasteiger partial charge in [0.2, 0.25) is 0 Å². The highest BCUT2D eigenvalue weighted by Gasteiger charge is 2.24. The van der Waals surface area contributed by atoms with E-state index in [0.29, 0.717) is 6.04 Å². The zero-order chi connectivity index (χ0) is 10.1. The minimum Gasteiger partial charge on any atom is -0.387 e. The molecule has 0 radical (unpaired) electrons. The minimum atomic E-state index is -0.317. The van der Waals surface area contributed by atoms with Crippen LogP contribution < -0.4 is 0 Å². The van der Waals surface area contributed by atoms with E-state index in [2.05, 4.69) is 24.8 Å². The van der Waals surface area contributed by atoms with Crippen molar-refractivity contribution in [1.82, 2.24) is 4.90 Å². The lowest BCUT2D eigenvalue weighted by Crippen LogP contribution is -2.38. The summed E-state index contributed by atoms with van der Waals surface area (Å²) in [7, 11) is 0. The molecule has 0 fully saturated rings. The molecule has 1 heterocycles. The highest BCUT2D eigenvalue weighted by atomic mass is 16.3. The van der Waals surface area contributed by atoms with Crippen LogP contribution in [0.4, 0.5) is 0 Å². The Morgan fingerprint density at radius 2 is 2.07 bits per heavy atom. The summed E-state index contributed by atoms with van der Waals surface area (Å²) >= 11 is 0. The van der Waals surface area contributed by atoms with E-state index in [1.807, 2.05) is 18.2 Å². The van der Waals surface area contributed by atoms with Crippen LogP contribution in [0.25, 0.3) is 0 Å². The van der Waals surface area contributed by atoms with E-state index >= 15 is 0 Å². The molecule has 0 aliphatic carbocycles. The molecule has 1 aliphatic heterocycles. The van der Waals surface area contributed by atoms with Gasteiger partial charge in [0.25, 0.3) is 0 Å². The van der Waals surface area contributed by atoms with E-state index in [9.17, 15) is 5.11 Å². The van der Waals surface area contributed by atoms with Gasteiger partial charge < -0.3 is 5.11 Å². The van der Waals surface area contributed by atoms with E-state index in [-0.39, 0.29) is 6.10 Å². The third-order valence-electron chi connectivity index (χ3n) is 2.93. The number of nitrogens with zero attached hydrogens (tertiary/aromatic N) is 1. The second kappa shape index (κ2) is 3.71. The van der Waals surface area contributed by atoms with Crippen molar-refractivity contribution in [3.63, 3.8) is 0 Å². The molecule has 0 bridgehead atoms. The zero-order valence-electron chi connectivity index (χ0n) is 8.77. The van der Waals surface area contributed by atoms with Gasteiger partial charge in [-0.25, -0.2) is 0 Å². The fourth-order valence-corrected chi connectivity index (χ4v) is 2.00. The molecule has 1 aliphatic rings. The van der Waals surface area contributed by atoms with Crippen LogP contribution in [0.2, 0.25) is 0 Å². The van der Waals surface area contributed by atoms with Crippen LogP contribution in [-0.4, -0.2) is 22.6 Å². The smallest absolute Gasteiger partial charge is 0.0920 e. The van der Waals surface area contributed by atoms with Crippen LogP contribution >= 0.6 is 0 Å². The molecule has 2 heteroatoms. The number of hydrogen-bond donors (Lipinski definition) is 1. The maximum atomic E-state index is 9.94. The quantitative estimate of drug-likeness (QED) is 0.733. The summed E-state index contributed by atoms with van der Waals surface area (Å²) in [5.41, 5.74) is 2.37. The summed E-state index contributed by atoms with van der Waals surface area (Å²) in [6.45, 7) is 6.06. The molecule has 1 atom stereocenters. The Bertz CT molecular complexity index is 322. The number of fused-ring (bicyclic) bond motifs is 1. The molecule has 0 spiro atoms. The lowest BCUT2D eigenvalue weighted by molar-refractivity contribution is 0.0744. The highest BCUT2D eigenvalue weighted by molar-refractivity contribution is 5.31. The average molecular weight is 191 g/mol. The number of aliphatic hydroxyl groups is 1. The summed E-state index contributed by atoms with van der Waals surface area (Å²) in [6.07, 6.45) is -0.317. The number of benzene rings is 1. The van der Waals surface area contributed by atoms with Crippen molar-refractivity contribution in [3.8, 4) is 0 Å². The number of hydrogen-bond acceptors (Lipinski definition) is 2. The molecule has 0 saturated heterocycles. The SMILES string of the molecule is CC(C)N1Cc2ccccc2[C@@H](O)C1. The Labute approximate surface area is 85.2 Å². The normalized spacial score (nSPS) is 22.4. The van der Waals surface area contributed by atoms with Crippen molar-refractivity contribution in [2.24, 2.45) is 0 Å². The topological polar surface area (TPSA) is 23.5 Å². The maximum Gasteiger partial charge on any atom is 0.0920 e. The Kier molecular flexibility index (Phi) is 2.57. The van der Waals surface area contributed by atoms with Gasteiger partial charge in [-0.15, -0.1) is 0 Å². The summed E-state index contributed by atoms with van der Waals surface area (Å²) in [5, 5.41) is 9.94. The maximum absolute atomic E-state index is 9.94. The first kappa shape index (κ1) is 9.69. The van der Waals surface area contributed by atoms with Crippen molar-refractivity contribution < 1.29 is 5.11 Å². The van der Waals surface area contributed by atoms with Gasteiger partial charge >= 0.3 is 0 Å². The average Bonchev–Trinajstić information content (AvgIpc) is 2.17. The molecule has 0 unspecified atom stereocenters. The summed E-state index contributed by atoms with van der Waals surface area (Å²) in [6, 6.07) is 8.66. The monoisotopic (exact) mass is 191 g/mol. The molecule has 14 heavy (non-hydrogen) atoms. The molecule has 0 aromatic heterocycles. The second-order valence-electron chi connectivity index (χ2n) is 4.24. The standard InChI is InChI=1S/C12H17NO/c1-9(2)13-7-10-5-3-4-6-11(10)12(14)8-13/h3-6,9,12,14H,7-8H2,1-2H3/t12-/m0/s1. The van der Waals surface area contributed by atoms with Gasteiger partial charge in [0.1, 0.15) is 0 Å². The molecule has 0 amide bonds.